The topological polar surface area (TPSA) is 121 Å². The van der Waals surface area contributed by atoms with Gasteiger partial charge in [-0.2, -0.15) is 0 Å². The number of amides is 1. The molecular weight excluding hydrogens is 552 g/mol. The fourth-order valence-corrected chi connectivity index (χ4v) is 6.13. The van der Waals surface area contributed by atoms with Crippen molar-refractivity contribution >= 4 is 34.2 Å². The number of carbonyl (C=O) groups excluding carboxylic acids is 2. The monoisotopic (exact) mass is 594 g/mol. The lowest BCUT2D eigenvalue weighted by atomic mass is 9.98. The summed E-state index contributed by atoms with van der Waals surface area (Å²) in [7, 11) is 4.02. The summed E-state index contributed by atoms with van der Waals surface area (Å²) in [5.41, 5.74) is 9.08. The van der Waals surface area contributed by atoms with Crippen molar-refractivity contribution in [3.05, 3.63) is 89.4 Å². The van der Waals surface area contributed by atoms with E-state index in [1.807, 2.05) is 44.4 Å². The van der Waals surface area contributed by atoms with Gasteiger partial charge in [-0.15, -0.1) is 0 Å². The Morgan fingerprint density at radius 3 is 2.59 bits per heavy atom. The predicted molar refractivity (Wildman–Crippen MR) is 175 cm³/mol. The highest BCUT2D eigenvalue weighted by molar-refractivity contribution is 6.07. The molecule has 2 aromatic heterocycles. The third-order valence-corrected chi connectivity index (χ3v) is 8.39. The van der Waals surface area contributed by atoms with Crippen molar-refractivity contribution in [2.24, 2.45) is 5.73 Å². The van der Waals surface area contributed by atoms with E-state index < -0.39 is 5.91 Å². The number of pyridine rings is 1. The standard InChI is InChI=1S/C34H42N8O2/c1-5-41(6-2)26-14-16-42(20-26)31-19-25(13-15-36-31)30(43)18-23-9-7-10-24(17-23)29(21-40(3)4)39-34-28-12-8-11-27(33(35)44)32(28)37-22-38-34/h7-13,15,17,19,22,26,29H,5-6,14,16,18,20-21H2,1-4H3,(H2,35,44)(H,37,38,39). The second-order valence-electron chi connectivity index (χ2n) is 11.6. The molecule has 1 aliphatic heterocycles. The molecule has 1 saturated heterocycles. The van der Waals surface area contributed by atoms with E-state index in [9.17, 15) is 9.59 Å². The zero-order valence-electron chi connectivity index (χ0n) is 26.0. The number of nitrogens with two attached hydrogens (primary N) is 1. The van der Waals surface area contributed by atoms with E-state index in [2.05, 4.69) is 60.9 Å². The molecule has 2 atom stereocenters. The SMILES string of the molecule is CCN(CC)C1CCN(c2cc(C(=O)Cc3cccc(C(CN(C)C)Nc4ncnc5c(C(N)=O)cccc45)c3)ccn2)C1. The molecule has 0 spiro atoms. The smallest absolute Gasteiger partial charge is 0.250 e. The molecule has 2 aromatic carbocycles. The third-order valence-electron chi connectivity index (χ3n) is 8.39. The number of nitrogens with one attached hydrogen (secondary N) is 1. The maximum Gasteiger partial charge on any atom is 0.250 e. The van der Waals surface area contributed by atoms with E-state index in [0.717, 1.165) is 49.5 Å². The minimum atomic E-state index is -0.534. The summed E-state index contributed by atoms with van der Waals surface area (Å²) < 4.78 is 0. The van der Waals surface area contributed by atoms with Crippen LogP contribution in [0, 0.1) is 0 Å². The summed E-state index contributed by atoms with van der Waals surface area (Å²) in [5.74, 6) is 1.00. The fourth-order valence-electron chi connectivity index (χ4n) is 6.13. The summed E-state index contributed by atoms with van der Waals surface area (Å²) >= 11 is 0. The van der Waals surface area contributed by atoms with Crippen LogP contribution in [0.2, 0.25) is 0 Å². The molecule has 0 saturated carbocycles. The van der Waals surface area contributed by atoms with E-state index in [4.69, 9.17) is 5.73 Å². The van der Waals surface area contributed by atoms with Gasteiger partial charge in [0.05, 0.1) is 17.1 Å². The minimum Gasteiger partial charge on any atom is -0.366 e. The molecule has 1 amide bonds. The van der Waals surface area contributed by atoms with E-state index in [0.29, 0.717) is 40.4 Å². The first-order valence-corrected chi connectivity index (χ1v) is 15.3. The predicted octanol–water partition coefficient (Wildman–Crippen LogP) is 4.18. The molecule has 10 heteroatoms. The Labute approximate surface area is 259 Å². The van der Waals surface area contributed by atoms with E-state index in [-0.39, 0.29) is 18.2 Å². The third kappa shape index (κ3) is 7.03. The molecule has 4 aromatic rings. The number of benzene rings is 2. The van der Waals surface area contributed by atoms with E-state index in [1.165, 1.54) is 6.33 Å². The quantitative estimate of drug-likeness (QED) is 0.220. The van der Waals surface area contributed by atoms with Crippen LogP contribution in [0.4, 0.5) is 11.6 Å². The lowest BCUT2D eigenvalue weighted by Crippen LogP contribution is -2.37. The van der Waals surface area contributed by atoms with E-state index >= 15 is 0 Å². The zero-order valence-corrected chi connectivity index (χ0v) is 26.0. The van der Waals surface area contributed by atoms with Crippen LogP contribution in [0.3, 0.4) is 0 Å². The normalized spacial score (nSPS) is 15.7. The molecule has 1 fully saturated rings. The lowest BCUT2D eigenvalue weighted by molar-refractivity contribution is 0.0988. The average molecular weight is 595 g/mol. The molecular formula is C34H42N8O2. The van der Waals surface area contributed by atoms with Gasteiger partial charge in [0.25, 0.3) is 5.91 Å². The molecule has 0 bridgehead atoms. The number of carbonyl (C=O) groups is 2. The summed E-state index contributed by atoms with van der Waals surface area (Å²) in [6.45, 7) is 9.04. The van der Waals surface area contributed by atoms with Crippen molar-refractivity contribution in [1.82, 2.24) is 24.8 Å². The van der Waals surface area contributed by atoms with Gasteiger partial charge in [0.15, 0.2) is 5.78 Å². The van der Waals surface area contributed by atoms with Crippen molar-refractivity contribution in [3.8, 4) is 0 Å². The molecule has 0 radical (unpaired) electrons. The maximum absolute atomic E-state index is 13.5. The van der Waals surface area contributed by atoms with Crippen molar-refractivity contribution in [2.75, 3.05) is 57.0 Å². The number of para-hydroxylation sites is 1. The number of anilines is 2. The van der Waals surface area contributed by atoms with Crippen LogP contribution in [0.15, 0.2) is 67.1 Å². The van der Waals surface area contributed by atoms with Crippen molar-refractivity contribution in [2.45, 2.75) is 38.8 Å². The molecule has 5 rings (SSSR count). The Morgan fingerprint density at radius 1 is 1.05 bits per heavy atom. The van der Waals surface area contributed by atoms with Gasteiger partial charge >= 0.3 is 0 Å². The number of primary amides is 1. The number of Topliss-reactive ketones (excluding diaryl/α,β-unsaturated/α-hetero) is 1. The average Bonchev–Trinajstić information content (AvgIpc) is 3.51. The number of hydrogen-bond donors (Lipinski definition) is 2. The fraction of sp³-hybridized carbons (Fsp3) is 0.382. The number of aromatic nitrogens is 3. The van der Waals surface area contributed by atoms with Crippen LogP contribution in [-0.2, 0) is 6.42 Å². The van der Waals surface area contributed by atoms with Gasteiger partial charge in [-0.25, -0.2) is 15.0 Å². The first kappa shape index (κ1) is 31.0. The van der Waals surface area contributed by atoms with Crippen LogP contribution in [0.5, 0.6) is 0 Å². The largest absolute Gasteiger partial charge is 0.366 e. The van der Waals surface area contributed by atoms with Gasteiger partial charge in [0.2, 0.25) is 0 Å². The summed E-state index contributed by atoms with van der Waals surface area (Å²) in [6, 6.07) is 17.6. The van der Waals surface area contributed by atoms with Gasteiger partial charge in [0.1, 0.15) is 18.0 Å². The second kappa shape index (κ2) is 13.9. The molecule has 44 heavy (non-hydrogen) atoms. The molecule has 2 unspecified atom stereocenters. The highest BCUT2D eigenvalue weighted by atomic mass is 16.1. The Bertz CT molecular complexity index is 1620. The van der Waals surface area contributed by atoms with Crippen LogP contribution in [-0.4, -0.2) is 89.3 Å². The first-order chi connectivity index (χ1) is 21.3. The first-order valence-electron chi connectivity index (χ1n) is 15.3. The van der Waals surface area contributed by atoms with Crippen LogP contribution in [0.25, 0.3) is 10.9 Å². The second-order valence-corrected chi connectivity index (χ2v) is 11.6. The summed E-state index contributed by atoms with van der Waals surface area (Å²) in [4.78, 5) is 45.8. The van der Waals surface area contributed by atoms with Crippen molar-refractivity contribution < 1.29 is 9.59 Å². The lowest BCUT2D eigenvalue weighted by Gasteiger charge is -2.26. The summed E-state index contributed by atoms with van der Waals surface area (Å²) in [6.07, 6.45) is 4.57. The van der Waals surface area contributed by atoms with Crippen LogP contribution >= 0.6 is 0 Å². The number of nitrogens with zero attached hydrogens (tertiary/aromatic N) is 6. The van der Waals surface area contributed by atoms with Gasteiger partial charge in [-0.1, -0.05) is 44.2 Å². The number of ketones is 1. The maximum atomic E-state index is 13.5. The van der Waals surface area contributed by atoms with Gasteiger partial charge in [-0.3, -0.25) is 14.5 Å². The Kier molecular flexibility index (Phi) is 9.82. The molecule has 3 heterocycles. The highest BCUT2D eigenvalue weighted by Crippen LogP contribution is 2.28. The Morgan fingerprint density at radius 2 is 1.84 bits per heavy atom. The number of rotatable bonds is 13. The molecule has 3 N–H and O–H groups in total. The van der Waals surface area contributed by atoms with Crippen molar-refractivity contribution in [1.29, 1.82) is 0 Å². The van der Waals surface area contributed by atoms with Crippen molar-refractivity contribution in [3.63, 3.8) is 0 Å². The van der Waals surface area contributed by atoms with E-state index in [1.54, 1.807) is 18.3 Å². The zero-order chi connectivity index (χ0) is 31.2. The van der Waals surface area contributed by atoms with Gasteiger partial charge < -0.3 is 20.9 Å². The summed E-state index contributed by atoms with van der Waals surface area (Å²) in [5, 5.41) is 4.28. The molecule has 1 aliphatic rings. The minimum absolute atomic E-state index is 0.0585. The molecule has 230 valence electrons. The number of likely N-dealkylation sites (N-methyl/N-ethyl adjacent to an activating group) is 2. The Hall–Kier alpha value is -4.41. The molecule has 0 aliphatic carbocycles. The van der Waals surface area contributed by atoms with Crippen LogP contribution in [0.1, 0.15) is 58.2 Å². The number of fused-ring (bicyclic) bond motifs is 1. The number of hydrogen-bond acceptors (Lipinski definition) is 9. The molecule has 10 nitrogen and oxygen atoms in total. The van der Waals surface area contributed by atoms with Gasteiger partial charge in [-0.05, 0) is 69.0 Å². The Balaban J connectivity index is 1.34. The van der Waals surface area contributed by atoms with Crippen LogP contribution < -0.4 is 16.0 Å². The van der Waals surface area contributed by atoms with Gasteiger partial charge in [0, 0.05) is 49.2 Å². The highest BCUT2D eigenvalue weighted by Gasteiger charge is 2.27.